The van der Waals surface area contributed by atoms with Gasteiger partial charge in [0, 0.05) is 23.8 Å². The summed E-state index contributed by atoms with van der Waals surface area (Å²) in [6.07, 6.45) is 3.25. The minimum Gasteiger partial charge on any atom is -0.398 e. The molecule has 3 rings (SSSR count). The van der Waals surface area contributed by atoms with Crippen LogP contribution in [0.5, 0.6) is 0 Å². The molecule has 0 aliphatic carbocycles. The topological polar surface area (TPSA) is 80.9 Å². The average Bonchev–Trinajstić information content (AvgIpc) is 2.49. The van der Waals surface area contributed by atoms with Crippen molar-refractivity contribution in [3.8, 4) is 0 Å². The first-order valence-corrected chi connectivity index (χ1v) is 6.52. The van der Waals surface area contributed by atoms with Crippen LogP contribution in [0.3, 0.4) is 0 Å². The van der Waals surface area contributed by atoms with E-state index in [-0.39, 0.29) is 5.91 Å². The Kier molecular flexibility index (Phi) is 3.23. The molecule has 21 heavy (non-hydrogen) atoms. The predicted molar refractivity (Wildman–Crippen MR) is 83.1 cm³/mol. The van der Waals surface area contributed by atoms with E-state index in [0.717, 1.165) is 16.6 Å². The number of amides is 1. The van der Waals surface area contributed by atoms with Crippen LogP contribution in [0.25, 0.3) is 11.0 Å². The Morgan fingerprint density at radius 2 is 1.81 bits per heavy atom. The summed E-state index contributed by atoms with van der Waals surface area (Å²) in [5.41, 5.74) is 9.93. The van der Waals surface area contributed by atoms with Crippen LogP contribution in [0.15, 0.2) is 48.8 Å². The van der Waals surface area contributed by atoms with Gasteiger partial charge >= 0.3 is 0 Å². The SMILES string of the molecule is Cc1ccc(N)c(C(=O)Nc2ccc3nccnc3c2)c1. The van der Waals surface area contributed by atoms with Crippen LogP contribution in [0.2, 0.25) is 0 Å². The van der Waals surface area contributed by atoms with Crippen molar-refractivity contribution in [3.63, 3.8) is 0 Å². The zero-order chi connectivity index (χ0) is 14.8. The predicted octanol–water partition coefficient (Wildman–Crippen LogP) is 2.77. The van der Waals surface area contributed by atoms with Gasteiger partial charge in [0.05, 0.1) is 16.6 Å². The molecule has 0 aliphatic heterocycles. The Hall–Kier alpha value is -2.95. The third-order valence-electron chi connectivity index (χ3n) is 3.18. The number of hydrogen-bond acceptors (Lipinski definition) is 4. The first-order chi connectivity index (χ1) is 10.1. The largest absolute Gasteiger partial charge is 0.398 e. The lowest BCUT2D eigenvalue weighted by molar-refractivity contribution is 0.102. The molecular weight excluding hydrogens is 264 g/mol. The van der Waals surface area contributed by atoms with Crippen molar-refractivity contribution in [2.24, 2.45) is 0 Å². The van der Waals surface area contributed by atoms with Gasteiger partial charge in [0.15, 0.2) is 0 Å². The molecule has 3 aromatic rings. The number of nitrogen functional groups attached to an aromatic ring is 1. The van der Waals surface area contributed by atoms with Gasteiger partial charge in [-0.3, -0.25) is 14.8 Å². The lowest BCUT2D eigenvalue weighted by atomic mass is 10.1. The van der Waals surface area contributed by atoms with Gasteiger partial charge in [-0.25, -0.2) is 0 Å². The van der Waals surface area contributed by atoms with Gasteiger partial charge in [0.25, 0.3) is 5.91 Å². The fourth-order valence-electron chi connectivity index (χ4n) is 2.11. The summed E-state index contributed by atoms with van der Waals surface area (Å²) in [5, 5.41) is 2.83. The number of aryl methyl sites for hydroxylation is 1. The molecule has 1 heterocycles. The zero-order valence-electron chi connectivity index (χ0n) is 11.5. The van der Waals surface area contributed by atoms with Crippen LogP contribution < -0.4 is 11.1 Å². The van der Waals surface area contributed by atoms with Crippen molar-refractivity contribution >= 4 is 28.3 Å². The molecule has 1 aromatic heterocycles. The molecule has 0 unspecified atom stereocenters. The summed E-state index contributed by atoms with van der Waals surface area (Å²) < 4.78 is 0. The van der Waals surface area contributed by atoms with E-state index in [1.54, 1.807) is 36.7 Å². The molecule has 0 spiro atoms. The molecule has 5 heteroatoms. The van der Waals surface area contributed by atoms with Crippen molar-refractivity contribution in [2.45, 2.75) is 6.92 Å². The maximum absolute atomic E-state index is 12.3. The van der Waals surface area contributed by atoms with E-state index < -0.39 is 0 Å². The second-order valence-corrected chi connectivity index (χ2v) is 4.80. The number of nitrogens with zero attached hydrogens (tertiary/aromatic N) is 2. The monoisotopic (exact) mass is 278 g/mol. The lowest BCUT2D eigenvalue weighted by Gasteiger charge is -2.09. The fraction of sp³-hybridized carbons (Fsp3) is 0.0625. The molecule has 104 valence electrons. The number of carbonyl (C=O) groups is 1. The maximum atomic E-state index is 12.3. The van der Waals surface area contributed by atoms with Crippen LogP contribution in [-0.4, -0.2) is 15.9 Å². The van der Waals surface area contributed by atoms with Crippen molar-refractivity contribution in [2.75, 3.05) is 11.1 Å². The standard InChI is InChI=1S/C16H14N4O/c1-10-2-4-13(17)12(8-10)16(21)20-11-3-5-14-15(9-11)19-7-6-18-14/h2-9H,17H2,1H3,(H,20,21). The van der Waals surface area contributed by atoms with E-state index >= 15 is 0 Å². The van der Waals surface area contributed by atoms with E-state index in [1.807, 2.05) is 19.1 Å². The van der Waals surface area contributed by atoms with E-state index in [2.05, 4.69) is 15.3 Å². The highest BCUT2D eigenvalue weighted by atomic mass is 16.1. The first-order valence-electron chi connectivity index (χ1n) is 6.52. The Balaban J connectivity index is 1.90. The first kappa shape index (κ1) is 13.1. The number of rotatable bonds is 2. The highest BCUT2D eigenvalue weighted by Gasteiger charge is 2.10. The van der Waals surface area contributed by atoms with Crippen LogP contribution in [0.4, 0.5) is 11.4 Å². The second-order valence-electron chi connectivity index (χ2n) is 4.80. The number of aromatic nitrogens is 2. The van der Waals surface area contributed by atoms with Crippen molar-refractivity contribution < 1.29 is 4.79 Å². The number of hydrogen-bond donors (Lipinski definition) is 2. The molecule has 1 amide bonds. The summed E-state index contributed by atoms with van der Waals surface area (Å²) in [6, 6.07) is 10.8. The second kappa shape index (κ2) is 5.20. The fourth-order valence-corrected chi connectivity index (χ4v) is 2.11. The average molecular weight is 278 g/mol. The lowest BCUT2D eigenvalue weighted by Crippen LogP contribution is -2.14. The van der Waals surface area contributed by atoms with Gasteiger partial charge in [-0.05, 0) is 37.3 Å². The van der Waals surface area contributed by atoms with Gasteiger partial charge in [-0.1, -0.05) is 11.6 Å². The highest BCUT2D eigenvalue weighted by molar-refractivity contribution is 6.08. The summed E-state index contributed by atoms with van der Waals surface area (Å²) >= 11 is 0. The molecule has 0 bridgehead atoms. The summed E-state index contributed by atoms with van der Waals surface area (Å²) in [4.78, 5) is 20.7. The van der Waals surface area contributed by atoms with Crippen molar-refractivity contribution in [1.29, 1.82) is 0 Å². The molecular formula is C16H14N4O. The quantitative estimate of drug-likeness (QED) is 0.706. The number of fused-ring (bicyclic) bond motifs is 1. The van der Waals surface area contributed by atoms with Gasteiger partial charge in [0.1, 0.15) is 0 Å². The molecule has 3 N–H and O–H groups in total. The minimum atomic E-state index is -0.237. The van der Waals surface area contributed by atoms with Crippen LogP contribution in [0, 0.1) is 6.92 Å². The van der Waals surface area contributed by atoms with Gasteiger partial charge in [-0.15, -0.1) is 0 Å². The molecule has 0 atom stereocenters. The highest BCUT2D eigenvalue weighted by Crippen LogP contribution is 2.18. The zero-order valence-corrected chi connectivity index (χ0v) is 11.5. The van der Waals surface area contributed by atoms with Gasteiger partial charge in [0.2, 0.25) is 0 Å². The molecule has 5 nitrogen and oxygen atoms in total. The molecule has 0 aliphatic rings. The Morgan fingerprint density at radius 3 is 2.62 bits per heavy atom. The summed E-state index contributed by atoms with van der Waals surface area (Å²) in [5.74, 6) is -0.237. The van der Waals surface area contributed by atoms with Gasteiger partial charge < -0.3 is 11.1 Å². The Morgan fingerprint density at radius 1 is 1.05 bits per heavy atom. The summed E-state index contributed by atoms with van der Waals surface area (Å²) in [6.45, 7) is 1.92. The van der Waals surface area contributed by atoms with Crippen LogP contribution >= 0.6 is 0 Å². The van der Waals surface area contributed by atoms with E-state index in [1.165, 1.54) is 0 Å². The molecule has 0 radical (unpaired) electrons. The Bertz CT molecular complexity index is 829. The third kappa shape index (κ3) is 2.67. The summed E-state index contributed by atoms with van der Waals surface area (Å²) in [7, 11) is 0. The van der Waals surface area contributed by atoms with Crippen molar-refractivity contribution in [1.82, 2.24) is 9.97 Å². The van der Waals surface area contributed by atoms with Crippen molar-refractivity contribution in [3.05, 3.63) is 59.9 Å². The van der Waals surface area contributed by atoms with E-state index in [9.17, 15) is 4.79 Å². The number of nitrogens with two attached hydrogens (primary N) is 1. The molecule has 2 aromatic carbocycles. The van der Waals surface area contributed by atoms with E-state index in [0.29, 0.717) is 16.9 Å². The molecule has 0 fully saturated rings. The smallest absolute Gasteiger partial charge is 0.257 e. The molecule has 0 saturated heterocycles. The maximum Gasteiger partial charge on any atom is 0.257 e. The number of carbonyl (C=O) groups excluding carboxylic acids is 1. The third-order valence-corrected chi connectivity index (χ3v) is 3.18. The number of anilines is 2. The van der Waals surface area contributed by atoms with Gasteiger partial charge in [-0.2, -0.15) is 0 Å². The number of nitrogens with one attached hydrogen (secondary N) is 1. The number of benzene rings is 2. The minimum absolute atomic E-state index is 0.237. The molecule has 0 saturated carbocycles. The van der Waals surface area contributed by atoms with Crippen LogP contribution in [-0.2, 0) is 0 Å². The Labute approximate surface area is 121 Å². The normalized spacial score (nSPS) is 10.5. The van der Waals surface area contributed by atoms with Crippen LogP contribution in [0.1, 0.15) is 15.9 Å². The van der Waals surface area contributed by atoms with E-state index in [4.69, 9.17) is 5.73 Å².